The Balaban J connectivity index is 1.65. The molecular formula is C14H19N3O. The van der Waals surface area contributed by atoms with E-state index in [2.05, 4.69) is 33.1 Å². The molecule has 3 rings (SSSR count). The molecule has 0 spiro atoms. The number of nitrogens with one attached hydrogen (secondary N) is 1. The van der Waals surface area contributed by atoms with Gasteiger partial charge in [0.1, 0.15) is 0 Å². The average molecular weight is 245 g/mol. The van der Waals surface area contributed by atoms with Crippen LogP contribution in [0.3, 0.4) is 0 Å². The molecule has 0 unspecified atom stereocenters. The van der Waals surface area contributed by atoms with Crippen LogP contribution in [0.2, 0.25) is 0 Å². The Morgan fingerprint density at radius 3 is 2.94 bits per heavy atom. The van der Waals surface area contributed by atoms with E-state index in [1.54, 1.807) is 6.33 Å². The number of fused-ring (bicyclic) bond motifs is 1. The molecule has 2 heterocycles. The molecular weight excluding hydrogens is 226 g/mol. The SMILES string of the molecule is OCC1CCN(Cc2ccc3nc[nH]c3c2)CC1. The van der Waals surface area contributed by atoms with Crippen molar-refractivity contribution in [1.29, 1.82) is 0 Å². The van der Waals surface area contributed by atoms with E-state index in [0.717, 1.165) is 43.5 Å². The van der Waals surface area contributed by atoms with Gasteiger partial charge in [-0.05, 0) is 49.5 Å². The number of aromatic amines is 1. The van der Waals surface area contributed by atoms with E-state index >= 15 is 0 Å². The maximum Gasteiger partial charge on any atom is 0.0931 e. The molecule has 1 aromatic carbocycles. The standard InChI is InChI=1S/C14H19N3O/c18-9-11-3-5-17(6-4-11)8-12-1-2-13-14(7-12)16-10-15-13/h1-2,7,10-11,18H,3-6,8-9H2,(H,15,16). The molecule has 1 aromatic heterocycles. The highest BCUT2D eigenvalue weighted by atomic mass is 16.3. The number of piperidine rings is 1. The van der Waals surface area contributed by atoms with Crippen molar-refractivity contribution in [2.75, 3.05) is 19.7 Å². The number of likely N-dealkylation sites (tertiary alicyclic amines) is 1. The van der Waals surface area contributed by atoms with Gasteiger partial charge < -0.3 is 10.1 Å². The molecule has 2 aromatic rings. The zero-order valence-corrected chi connectivity index (χ0v) is 10.5. The molecule has 96 valence electrons. The summed E-state index contributed by atoms with van der Waals surface area (Å²) in [5.41, 5.74) is 3.46. The minimum atomic E-state index is 0.341. The predicted octanol–water partition coefficient (Wildman–Crippen LogP) is 1.77. The first-order chi connectivity index (χ1) is 8.85. The minimum Gasteiger partial charge on any atom is -0.396 e. The summed E-state index contributed by atoms with van der Waals surface area (Å²) in [6, 6.07) is 6.41. The number of hydrogen-bond acceptors (Lipinski definition) is 3. The summed E-state index contributed by atoms with van der Waals surface area (Å²) in [5, 5.41) is 9.13. The highest BCUT2D eigenvalue weighted by molar-refractivity contribution is 5.74. The Labute approximate surface area is 107 Å². The lowest BCUT2D eigenvalue weighted by molar-refractivity contribution is 0.127. The van der Waals surface area contributed by atoms with E-state index in [1.165, 1.54) is 5.56 Å². The van der Waals surface area contributed by atoms with Gasteiger partial charge in [-0.15, -0.1) is 0 Å². The molecule has 4 nitrogen and oxygen atoms in total. The zero-order valence-electron chi connectivity index (χ0n) is 10.5. The largest absolute Gasteiger partial charge is 0.396 e. The van der Waals surface area contributed by atoms with Gasteiger partial charge in [0.25, 0.3) is 0 Å². The van der Waals surface area contributed by atoms with Crippen molar-refractivity contribution >= 4 is 11.0 Å². The van der Waals surface area contributed by atoms with E-state index < -0.39 is 0 Å². The van der Waals surface area contributed by atoms with Crippen LogP contribution in [0, 0.1) is 5.92 Å². The molecule has 0 radical (unpaired) electrons. The quantitative estimate of drug-likeness (QED) is 0.866. The van der Waals surface area contributed by atoms with Crippen molar-refractivity contribution in [2.45, 2.75) is 19.4 Å². The monoisotopic (exact) mass is 245 g/mol. The van der Waals surface area contributed by atoms with Crippen LogP contribution in [0.5, 0.6) is 0 Å². The van der Waals surface area contributed by atoms with E-state index in [9.17, 15) is 0 Å². The summed E-state index contributed by atoms with van der Waals surface area (Å²) in [4.78, 5) is 9.84. The van der Waals surface area contributed by atoms with Gasteiger partial charge in [0.15, 0.2) is 0 Å². The molecule has 0 saturated carbocycles. The first-order valence-electron chi connectivity index (χ1n) is 6.60. The molecule has 4 heteroatoms. The van der Waals surface area contributed by atoms with Crippen LogP contribution < -0.4 is 0 Å². The molecule has 0 atom stereocenters. The molecule has 0 aliphatic carbocycles. The predicted molar refractivity (Wildman–Crippen MR) is 71.2 cm³/mol. The number of benzene rings is 1. The number of nitrogens with zero attached hydrogens (tertiary/aromatic N) is 2. The first kappa shape index (κ1) is 11.7. The van der Waals surface area contributed by atoms with E-state index in [4.69, 9.17) is 5.11 Å². The molecule has 1 fully saturated rings. The molecule has 1 aliphatic heterocycles. The van der Waals surface area contributed by atoms with Crippen LogP contribution in [-0.4, -0.2) is 39.7 Å². The summed E-state index contributed by atoms with van der Waals surface area (Å²) in [6.07, 6.45) is 3.97. The van der Waals surface area contributed by atoms with Gasteiger partial charge in [0.2, 0.25) is 0 Å². The van der Waals surface area contributed by atoms with Gasteiger partial charge in [-0.2, -0.15) is 0 Å². The number of aromatic nitrogens is 2. The second kappa shape index (κ2) is 5.08. The minimum absolute atomic E-state index is 0.341. The van der Waals surface area contributed by atoms with Crippen molar-refractivity contribution in [3.63, 3.8) is 0 Å². The fourth-order valence-corrected chi connectivity index (χ4v) is 2.67. The van der Waals surface area contributed by atoms with Crippen LogP contribution in [0.25, 0.3) is 11.0 Å². The van der Waals surface area contributed by atoms with Crippen LogP contribution in [0.4, 0.5) is 0 Å². The number of aliphatic hydroxyl groups excluding tert-OH is 1. The number of H-pyrrole nitrogens is 1. The molecule has 18 heavy (non-hydrogen) atoms. The van der Waals surface area contributed by atoms with Gasteiger partial charge in [0, 0.05) is 13.2 Å². The van der Waals surface area contributed by atoms with Gasteiger partial charge in [-0.25, -0.2) is 4.98 Å². The van der Waals surface area contributed by atoms with Crippen molar-refractivity contribution in [3.05, 3.63) is 30.1 Å². The third kappa shape index (κ3) is 2.40. The lowest BCUT2D eigenvalue weighted by Gasteiger charge is -2.31. The van der Waals surface area contributed by atoms with Crippen LogP contribution in [0.1, 0.15) is 18.4 Å². The lowest BCUT2D eigenvalue weighted by atomic mass is 9.97. The highest BCUT2D eigenvalue weighted by Gasteiger charge is 2.18. The maximum absolute atomic E-state index is 9.13. The second-order valence-corrected chi connectivity index (χ2v) is 5.16. The zero-order chi connectivity index (χ0) is 12.4. The topological polar surface area (TPSA) is 52.1 Å². The fraction of sp³-hybridized carbons (Fsp3) is 0.500. The Kier molecular flexibility index (Phi) is 3.30. The molecule has 2 N–H and O–H groups in total. The van der Waals surface area contributed by atoms with E-state index in [-0.39, 0.29) is 0 Å². The third-order valence-corrected chi connectivity index (χ3v) is 3.86. The summed E-state index contributed by atoms with van der Waals surface area (Å²) in [6.45, 7) is 3.51. The Morgan fingerprint density at radius 1 is 1.33 bits per heavy atom. The first-order valence-corrected chi connectivity index (χ1v) is 6.60. The van der Waals surface area contributed by atoms with E-state index in [0.29, 0.717) is 12.5 Å². The fourth-order valence-electron chi connectivity index (χ4n) is 2.67. The maximum atomic E-state index is 9.13. The number of rotatable bonds is 3. The average Bonchev–Trinajstić information content (AvgIpc) is 2.87. The highest BCUT2D eigenvalue weighted by Crippen LogP contribution is 2.19. The van der Waals surface area contributed by atoms with Gasteiger partial charge >= 0.3 is 0 Å². The number of imidazole rings is 1. The van der Waals surface area contributed by atoms with E-state index in [1.807, 2.05) is 0 Å². The van der Waals surface area contributed by atoms with Gasteiger partial charge in [-0.3, -0.25) is 4.90 Å². The molecule has 1 aliphatic rings. The van der Waals surface area contributed by atoms with Gasteiger partial charge in [-0.1, -0.05) is 6.07 Å². The van der Waals surface area contributed by atoms with Crippen molar-refractivity contribution in [3.8, 4) is 0 Å². The Morgan fingerprint density at radius 2 is 2.17 bits per heavy atom. The Hall–Kier alpha value is -1.39. The van der Waals surface area contributed by atoms with Crippen molar-refractivity contribution in [1.82, 2.24) is 14.9 Å². The Bertz CT molecular complexity index is 514. The number of hydrogen-bond donors (Lipinski definition) is 2. The van der Waals surface area contributed by atoms with Crippen LogP contribution in [-0.2, 0) is 6.54 Å². The number of aliphatic hydroxyl groups is 1. The van der Waals surface area contributed by atoms with Crippen LogP contribution >= 0.6 is 0 Å². The summed E-state index contributed by atoms with van der Waals surface area (Å²) in [5.74, 6) is 0.510. The second-order valence-electron chi connectivity index (χ2n) is 5.16. The summed E-state index contributed by atoms with van der Waals surface area (Å²) >= 11 is 0. The summed E-state index contributed by atoms with van der Waals surface area (Å²) < 4.78 is 0. The smallest absolute Gasteiger partial charge is 0.0931 e. The normalized spacial score (nSPS) is 18.5. The van der Waals surface area contributed by atoms with Gasteiger partial charge in [0.05, 0.1) is 17.4 Å². The van der Waals surface area contributed by atoms with Crippen molar-refractivity contribution < 1.29 is 5.11 Å². The third-order valence-electron chi connectivity index (χ3n) is 3.86. The molecule has 1 saturated heterocycles. The van der Waals surface area contributed by atoms with Crippen molar-refractivity contribution in [2.24, 2.45) is 5.92 Å². The lowest BCUT2D eigenvalue weighted by Crippen LogP contribution is -2.34. The molecule has 0 bridgehead atoms. The summed E-state index contributed by atoms with van der Waals surface area (Å²) in [7, 11) is 0. The molecule has 0 amide bonds. The van der Waals surface area contributed by atoms with Crippen LogP contribution in [0.15, 0.2) is 24.5 Å².